The van der Waals surface area contributed by atoms with Gasteiger partial charge in [0.05, 0.1) is 10.8 Å². The Morgan fingerprint density at radius 1 is 0.793 bits per heavy atom. The van der Waals surface area contributed by atoms with E-state index in [-0.39, 0.29) is 34.1 Å². The summed E-state index contributed by atoms with van der Waals surface area (Å²) in [5, 5.41) is 16.5. The van der Waals surface area contributed by atoms with E-state index < -0.39 is 22.8 Å². The second-order valence-corrected chi connectivity index (χ2v) is 9.68. The molecule has 4 nitrogen and oxygen atoms in total. The van der Waals surface area contributed by atoms with Crippen LogP contribution in [0.4, 0.5) is 0 Å². The number of carboxylic acid groups (broad SMARTS) is 2. The van der Waals surface area contributed by atoms with Crippen molar-refractivity contribution < 1.29 is 53.9 Å². The predicted octanol–water partition coefficient (Wildman–Crippen LogP) is 3.18. The van der Waals surface area contributed by atoms with Crippen molar-refractivity contribution in [3.05, 3.63) is 28.7 Å². The second-order valence-electron chi connectivity index (χ2n) is 9.68. The maximum absolute atomic E-state index is 10.0. The molecule has 0 unspecified atom stereocenters. The Kier molecular flexibility index (Phi) is 13.5. The van der Waals surface area contributed by atoms with Crippen LogP contribution in [0, 0.1) is 17.3 Å². The topological polar surface area (TPSA) is 74.6 Å². The number of aliphatic carboxylic acids is 2. The smallest absolute Gasteiger partial charge is 1.00 e. The minimum Gasteiger partial charge on any atom is -1.00 e. The predicted molar refractivity (Wildman–Crippen MR) is 109 cm³/mol. The standard InChI is InChI=1S/C13H17.2C5H10O2.ClH.Ti/c1-3-7-12-10(5-1)9-11-6-2-4-8-13(11)12;2*1-5(2,3)4(6)7;;/h5H,1-4,6-9H2;2*1-3H3,(H,6,7);1H;/q-1;;;;+2/p-1. The molecule has 29 heavy (non-hydrogen) atoms. The van der Waals surface area contributed by atoms with E-state index in [1.807, 2.05) is 0 Å². The van der Waals surface area contributed by atoms with Gasteiger partial charge >= 0.3 is 33.7 Å². The van der Waals surface area contributed by atoms with Gasteiger partial charge in [0.2, 0.25) is 0 Å². The molecule has 0 spiro atoms. The summed E-state index contributed by atoms with van der Waals surface area (Å²) >= 11 is 0. The number of halogens is 1. The van der Waals surface area contributed by atoms with Crippen LogP contribution in [0.25, 0.3) is 0 Å². The molecule has 3 aliphatic rings. The number of carbonyl (C=O) groups is 2. The van der Waals surface area contributed by atoms with Gasteiger partial charge in [-0.25, -0.2) is 12.0 Å². The van der Waals surface area contributed by atoms with E-state index in [1.54, 1.807) is 63.8 Å². The molecule has 0 saturated heterocycles. The third kappa shape index (κ3) is 10.2. The first-order chi connectivity index (χ1) is 12.3. The Hall–Kier alpha value is -0.706. The van der Waals surface area contributed by atoms with Gasteiger partial charge in [0.15, 0.2) is 0 Å². The summed E-state index contributed by atoms with van der Waals surface area (Å²) in [4.78, 5) is 20.0. The fourth-order valence-corrected chi connectivity index (χ4v) is 3.12. The molecule has 0 fully saturated rings. The van der Waals surface area contributed by atoms with Gasteiger partial charge in [-0.05, 0) is 67.2 Å². The molecule has 6 heteroatoms. The van der Waals surface area contributed by atoms with Gasteiger partial charge in [-0.15, -0.1) is 12.0 Å². The molecule has 0 bridgehead atoms. The molecule has 0 heterocycles. The van der Waals surface area contributed by atoms with Crippen molar-refractivity contribution in [1.82, 2.24) is 0 Å². The van der Waals surface area contributed by atoms with Crippen LogP contribution < -0.4 is 12.4 Å². The van der Waals surface area contributed by atoms with Gasteiger partial charge in [-0.1, -0.05) is 24.8 Å². The first-order valence-corrected chi connectivity index (χ1v) is 10.1. The molecule has 0 aromatic heterocycles. The van der Waals surface area contributed by atoms with E-state index in [9.17, 15) is 9.59 Å². The maximum atomic E-state index is 10.0. The summed E-state index contributed by atoms with van der Waals surface area (Å²) < 4.78 is 0. The first kappa shape index (κ1) is 30.5. The summed E-state index contributed by atoms with van der Waals surface area (Å²) in [6, 6.07) is 0. The molecule has 0 radical (unpaired) electrons. The van der Waals surface area contributed by atoms with E-state index in [1.165, 1.54) is 51.4 Å². The Labute approximate surface area is 197 Å². The van der Waals surface area contributed by atoms with Crippen LogP contribution in [0.15, 0.2) is 22.3 Å². The van der Waals surface area contributed by atoms with Crippen LogP contribution in [-0.4, -0.2) is 22.2 Å². The molecule has 0 aliphatic heterocycles. The van der Waals surface area contributed by atoms with Gasteiger partial charge in [0.25, 0.3) is 0 Å². The van der Waals surface area contributed by atoms with Crippen molar-refractivity contribution in [3.8, 4) is 0 Å². The molecule has 0 aromatic carbocycles. The van der Waals surface area contributed by atoms with E-state index in [2.05, 4.69) is 6.42 Å². The quantitative estimate of drug-likeness (QED) is 0.430. The molecule has 0 saturated carbocycles. The Morgan fingerprint density at radius 2 is 1.21 bits per heavy atom. The number of hydrogen-bond donors (Lipinski definition) is 2. The summed E-state index contributed by atoms with van der Waals surface area (Å²) in [7, 11) is 0. The number of hydrogen-bond acceptors (Lipinski definition) is 2. The molecule has 2 N–H and O–H groups in total. The first-order valence-electron chi connectivity index (χ1n) is 10.1. The zero-order chi connectivity index (χ0) is 20.8. The average Bonchev–Trinajstić information content (AvgIpc) is 2.93. The summed E-state index contributed by atoms with van der Waals surface area (Å²) in [5.74, 6) is -1.51. The summed E-state index contributed by atoms with van der Waals surface area (Å²) in [6.07, 6.45) is 13.6. The molecule has 0 aromatic rings. The number of carboxylic acids is 2. The van der Waals surface area contributed by atoms with Crippen molar-refractivity contribution >= 4 is 11.9 Å². The average molecular weight is 461 g/mol. The molecule has 0 atom stereocenters. The Morgan fingerprint density at radius 3 is 1.66 bits per heavy atom. The van der Waals surface area contributed by atoms with Crippen LogP contribution in [0.3, 0.4) is 0 Å². The number of fused-ring (bicyclic) bond motifs is 1. The van der Waals surface area contributed by atoms with Crippen molar-refractivity contribution in [2.24, 2.45) is 10.8 Å². The van der Waals surface area contributed by atoms with Crippen LogP contribution in [0.2, 0.25) is 0 Å². The van der Waals surface area contributed by atoms with Crippen LogP contribution in [0.1, 0.15) is 92.9 Å². The van der Waals surface area contributed by atoms with Gasteiger partial charge in [0.1, 0.15) is 0 Å². The maximum Gasteiger partial charge on any atom is 2.00 e. The molecular formula is C23H37ClO4Ti. The van der Waals surface area contributed by atoms with Gasteiger partial charge in [-0.3, -0.25) is 9.59 Å². The minimum absolute atomic E-state index is 0. The van der Waals surface area contributed by atoms with Crippen molar-refractivity contribution in [2.75, 3.05) is 0 Å². The molecule has 3 rings (SSSR count). The molecule has 0 amide bonds. The zero-order valence-corrected chi connectivity index (χ0v) is 21.1. The van der Waals surface area contributed by atoms with Gasteiger partial charge in [-0.2, -0.15) is 5.57 Å². The fourth-order valence-electron chi connectivity index (χ4n) is 3.12. The van der Waals surface area contributed by atoms with E-state index in [0.717, 1.165) is 0 Å². The van der Waals surface area contributed by atoms with E-state index in [0.29, 0.717) is 0 Å². The van der Waals surface area contributed by atoms with Crippen molar-refractivity contribution in [1.29, 1.82) is 0 Å². The fraction of sp³-hybridized carbons (Fsp3) is 0.696. The summed E-state index contributed by atoms with van der Waals surface area (Å²) in [6.45, 7) is 9.97. The second kappa shape index (κ2) is 12.9. The van der Waals surface area contributed by atoms with Gasteiger partial charge < -0.3 is 22.6 Å². The summed E-state index contributed by atoms with van der Waals surface area (Å²) in [5.41, 5.74) is 5.89. The minimum atomic E-state index is -0.757. The van der Waals surface area contributed by atoms with E-state index >= 15 is 0 Å². The Bertz CT molecular complexity index is 568. The van der Waals surface area contributed by atoms with Crippen molar-refractivity contribution in [3.63, 3.8) is 0 Å². The SMILES string of the molecule is CC(C)(C)C(=O)O.CC(C)(C)C(=O)O.[CH-]1CCCC2=C1CC1=C2CCCC1.[Cl-].[Ti+2]. The largest absolute Gasteiger partial charge is 2.00 e. The zero-order valence-electron chi connectivity index (χ0n) is 18.8. The Balaban J connectivity index is 0. The molecule has 3 aliphatic carbocycles. The van der Waals surface area contributed by atoms with Crippen molar-refractivity contribution in [2.45, 2.75) is 92.9 Å². The molecule has 164 valence electrons. The normalized spacial score (nSPS) is 17.6. The number of allylic oxidation sites excluding steroid dienone is 4. The van der Waals surface area contributed by atoms with Crippen LogP contribution in [-0.2, 0) is 31.3 Å². The third-order valence-corrected chi connectivity index (χ3v) is 5.04. The molecular weight excluding hydrogens is 424 g/mol. The van der Waals surface area contributed by atoms with Gasteiger partial charge in [0, 0.05) is 0 Å². The number of rotatable bonds is 0. The third-order valence-electron chi connectivity index (χ3n) is 5.04. The van der Waals surface area contributed by atoms with E-state index in [4.69, 9.17) is 10.2 Å². The van der Waals surface area contributed by atoms with Crippen LogP contribution in [0.5, 0.6) is 0 Å². The monoisotopic (exact) mass is 460 g/mol. The van der Waals surface area contributed by atoms with Crippen LogP contribution >= 0.6 is 0 Å².